The molecular weight excluding hydrogens is 216 g/mol. The van der Waals surface area contributed by atoms with Crippen molar-refractivity contribution in [3.05, 3.63) is 21.9 Å². The van der Waals surface area contributed by atoms with E-state index in [2.05, 4.69) is 26.2 Å². The lowest BCUT2D eigenvalue weighted by molar-refractivity contribution is 0.0506. The third kappa shape index (κ3) is 1.09. The molecule has 86 valence electrons. The molecule has 1 saturated carbocycles. The molecule has 2 atom stereocenters. The smallest absolute Gasteiger partial charge is 0.168 e. The molecular formula is C14H18OS. The molecule has 0 saturated heterocycles. The average molecular weight is 234 g/mol. The zero-order valence-electron chi connectivity index (χ0n) is 10.2. The van der Waals surface area contributed by atoms with Crippen molar-refractivity contribution in [2.24, 2.45) is 11.3 Å². The van der Waals surface area contributed by atoms with Gasteiger partial charge in [-0.25, -0.2) is 0 Å². The maximum absolute atomic E-state index is 12.5. The predicted molar refractivity (Wildman–Crippen MR) is 67.1 cm³/mol. The highest BCUT2D eigenvalue weighted by Gasteiger charge is 2.57. The standard InChI is InChI=1S/C14H18OS/c1-13(2)6-4-7-14(3)11(13)10(15)9-5-8-16-12(9)14/h5,8,11H,4,6-7H2,1-3H3/t11-,14+/m0/s1. The molecule has 0 aromatic carbocycles. The zero-order valence-corrected chi connectivity index (χ0v) is 11.0. The fourth-order valence-electron chi connectivity index (χ4n) is 4.05. The maximum Gasteiger partial charge on any atom is 0.168 e. The molecule has 3 rings (SSSR count). The van der Waals surface area contributed by atoms with Crippen LogP contribution in [0.2, 0.25) is 0 Å². The summed E-state index contributed by atoms with van der Waals surface area (Å²) in [6.07, 6.45) is 3.62. The van der Waals surface area contributed by atoms with Crippen LogP contribution in [0.1, 0.15) is 55.3 Å². The minimum absolute atomic E-state index is 0.127. The zero-order chi connectivity index (χ0) is 11.6. The van der Waals surface area contributed by atoms with Gasteiger partial charge in [-0.1, -0.05) is 27.2 Å². The predicted octanol–water partition coefficient (Wildman–Crippen LogP) is 4.03. The molecule has 0 bridgehead atoms. The summed E-state index contributed by atoms with van der Waals surface area (Å²) in [7, 11) is 0. The summed E-state index contributed by atoms with van der Waals surface area (Å²) in [5, 5.41) is 2.08. The first-order valence-electron chi connectivity index (χ1n) is 6.09. The van der Waals surface area contributed by atoms with Gasteiger partial charge in [0.2, 0.25) is 0 Å². The van der Waals surface area contributed by atoms with Gasteiger partial charge in [-0.3, -0.25) is 4.79 Å². The van der Waals surface area contributed by atoms with Crippen molar-refractivity contribution in [1.29, 1.82) is 0 Å². The van der Waals surface area contributed by atoms with Gasteiger partial charge in [-0.05, 0) is 29.7 Å². The second-order valence-corrected chi connectivity index (χ2v) is 7.14. The molecule has 2 aliphatic carbocycles. The summed E-state index contributed by atoms with van der Waals surface area (Å²) in [5.74, 6) is 0.625. The van der Waals surface area contributed by atoms with E-state index in [1.54, 1.807) is 11.3 Å². The van der Waals surface area contributed by atoms with Crippen molar-refractivity contribution in [2.75, 3.05) is 0 Å². The quantitative estimate of drug-likeness (QED) is 0.662. The van der Waals surface area contributed by atoms with Crippen LogP contribution in [0, 0.1) is 11.3 Å². The summed E-state index contributed by atoms with van der Waals surface area (Å²) in [6, 6.07) is 2.03. The molecule has 1 fully saturated rings. The molecule has 1 nitrogen and oxygen atoms in total. The van der Waals surface area contributed by atoms with Crippen LogP contribution in [0.15, 0.2) is 11.4 Å². The van der Waals surface area contributed by atoms with E-state index in [4.69, 9.17) is 0 Å². The van der Waals surface area contributed by atoms with E-state index in [1.165, 1.54) is 24.1 Å². The van der Waals surface area contributed by atoms with E-state index >= 15 is 0 Å². The number of carbonyl (C=O) groups is 1. The van der Waals surface area contributed by atoms with Gasteiger partial charge in [0.25, 0.3) is 0 Å². The Balaban J connectivity index is 2.20. The van der Waals surface area contributed by atoms with Crippen molar-refractivity contribution < 1.29 is 4.79 Å². The van der Waals surface area contributed by atoms with Gasteiger partial charge in [0.1, 0.15) is 0 Å². The van der Waals surface area contributed by atoms with Gasteiger partial charge in [0.15, 0.2) is 5.78 Å². The topological polar surface area (TPSA) is 17.1 Å². The second kappa shape index (κ2) is 2.98. The third-order valence-electron chi connectivity index (χ3n) is 4.65. The van der Waals surface area contributed by atoms with E-state index in [-0.39, 0.29) is 16.7 Å². The lowest BCUT2D eigenvalue weighted by atomic mass is 9.58. The Hall–Kier alpha value is -0.630. The van der Waals surface area contributed by atoms with Crippen LogP contribution in [-0.4, -0.2) is 5.78 Å². The number of carbonyl (C=O) groups excluding carboxylic acids is 1. The van der Waals surface area contributed by atoms with Gasteiger partial charge in [0.05, 0.1) is 0 Å². The normalized spacial score (nSPS) is 35.9. The molecule has 2 heteroatoms. The van der Waals surface area contributed by atoms with Gasteiger partial charge >= 0.3 is 0 Å². The highest BCUT2D eigenvalue weighted by molar-refractivity contribution is 7.10. The van der Waals surface area contributed by atoms with Crippen molar-refractivity contribution in [3.8, 4) is 0 Å². The van der Waals surface area contributed by atoms with Crippen molar-refractivity contribution >= 4 is 17.1 Å². The molecule has 1 aromatic heterocycles. The molecule has 1 aromatic rings. The van der Waals surface area contributed by atoms with Crippen LogP contribution in [0.25, 0.3) is 0 Å². The average Bonchev–Trinajstić information content (AvgIpc) is 2.70. The Morgan fingerprint density at radius 2 is 2.06 bits per heavy atom. The largest absolute Gasteiger partial charge is 0.294 e. The third-order valence-corrected chi connectivity index (χ3v) is 5.84. The van der Waals surface area contributed by atoms with E-state index in [1.807, 2.05) is 6.07 Å². The Morgan fingerprint density at radius 1 is 1.31 bits per heavy atom. The number of hydrogen-bond acceptors (Lipinski definition) is 2. The number of hydrogen-bond donors (Lipinski definition) is 0. The molecule has 16 heavy (non-hydrogen) atoms. The second-order valence-electron chi connectivity index (χ2n) is 6.22. The summed E-state index contributed by atoms with van der Waals surface area (Å²) >= 11 is 1.78. The van der Waals surface area contributed by atoms with Crippen LogP contribution in [0.4, 0.5) is 0 Å². The highest BCUT2D eigenvalue weighted by atomic mass is 32.1. The molecule has 2 aliphatic rings. The Labute approximate surface area is 101 Å². The van der Waals surface area contributed by atoms with Gasteiger partial charge in [0, 0.05) is 21.8 Å². The van der Waals surface area contributed by atoms with E-state index < -0.39 is 0 Å². The molecule has 0 N–H and O–H groups in total. The fraction of sp³-hybridized carbons (Fsp3) is 0.643. The number of thiophene rings is 1. The lowest BCUT2D eigenvalue weighted by Crippen LogP contribution is -2.44. The summed E-state index contributed by atoms with van der Waals surface area (Å²) in [4.78, 5) is 13.9. The number of Topliss-reactive ketones (excluding diaryl/α,β-unsaturated/α-hetero) is 1. The molecule has 0 spiro atoms. The summed E-state index contributed by atoms with van der Waals surface area (Å²) in [5.41, 5.74) is 1.32. The van der Waals surface area contributed by atoms with E-state index in [0.29, 0.717) is 5.78 Å². The monoisotopic (exact) mass is 234 g/mol. The first kappa shape index (κ1) is 10.5. The first-order valence-corrected chi connectivity index (χ1v) is 6.97. The molecule has 0 unspecified atom stereocenters. The van der Waals surface area contributed by atoms with Crippen molar-refractivity contribution in [1.82, 2.24) is 0 Å². The van der Waals surface area contributed by atoms with Crippen LogP contribution in [0.5, 0.6) is 0 Å². The van der Waals surface area contributed by atoms with Gasteiger partial charge < -0.3 is 0 Å². The SMILES string of the molecule is CC1(C)CCC[C@@]2(C)c3sccc3C(=O)[C@@H]12. The maximum atomic E-state index is 12.5. The highest BCUT2D eigenvalue weighted by Crippen LogP contribution is 2.59. The Kier molecular flexibility index (Phi) is 1.96. The lowest BCUT2D eigenvalue weighted by Gasteiger charge is -2.46. The number of ketones is 1. The van der Waals surface area contributed by atoms with Gasteiger partial charge in [-0.2, -0.15) is 0 Å². The summed E-state index contributed by atoms with van der Waals surface area (Å²) < 4.78 is 0. The van der Waals surface area contributed by atoms with E-state index in [9.17, 15) is 4.79 Å². The summed E-state index contributed by atoms with van der Waals surface area (Å²) in [6.45, 7) is 6.84. The number of rotatable bonds is 0. The molecule has 0 aliphatic heterocycles. The van der Waals surface area contributed by atoms with Crippen molar-refractivity contribution in [3.63, 3.8) is 0 Å². The van der Waals surface area contributed by atoms with Gasteiger partial charge in [-0.15, -0.1) is 11.3 Å². The van der Waals surface area contributed by atoms with Crippen LogP contribution >= 0.6 is 11.3 Å². The molecule has 1 heterocycles. The molecule has 0 amide bonds. The van der Waals surface area contributed by atoms with Crippen LogP contribution in [0.3, 0.4) is 0 Å². The fourth-order valence-corrected chi connectivity index (χ4v) is 5.18. The van der Waals surface area contributed by atoms with E-state index in [0.717, 1.165) is 5.56 Å². The van der Waals surface area contributed by atoms with Crippen LogP contribution in [-0.2, 0) is 5.41 Å². The van der Waals surface area contributed by atoms with Crippen molar-refractivity contribution in [2.45, 2.75) is 45.4 Å². The number of fused-ring (bicyclic) bond motifs is 3. The minimum Gasteiger partial charge on any atom is -0.294 e. The molecule has 0 radical (unpaired) electrons. The van der Waals surface area contributed by atoms with Crippen LogP contribution < -0.4 is 0 Å². The Bertz CT molecular complexity index is 457. The minimum atomic E-state index is 0.127. The first-order chi connectivity index (χ1) is 7.47. The Morgan fingerprint density at radius 3 is 2.81 bits per heavy atom.